The predicted octanol–water partition coefficient (Wildman–Crippen LogP) is 3.55. The Morgan fingerprint density at radius 1 is 1.14 bits per heavy atom. The van der Waals surface area contributed by atoms with E-state index >= 15 is 0 Å². The van der Waals surface area contributed by atoms with Gasteiger partial charge in [-0.3, -0.25) is 0 Å². The molecule has 0 aromatic carbocycles. The van der Waals surface area contributed by atoms with Crippen molar-refractivity contribution in [3.05, 3.63) is 0 Å². The van der Waals surface area contributed by atoms with Gasteiger partial charge in [0.05, 0.1) is 0 Å². The summed E-state index contributed by atoms with van der Waals surface area (Å²) >= 11 is 0. The summed E-state index contributed by atoms with van der Waals surface area (Å²) in [5.41, 5.74) is -0.397. The van der Waals surface area contributed by atoms with E-state index in [1.807, 2.05) is 20.8 Å². The molecule has 0 aromatic rings. The second-order valence-electron chi connectivity index (χ2n) is 7.73. The normalized spacial score (nSPS) is 27.9. The van der Waals surface area contributed by atoms with E-state index in [1.54, 1.807) is 4.90 Å². The second kappa shape index (κ2) is 6.99. The monoisotopic (exact) mass is 296 g/mol. The summed E-state index contributed by atoms with van der Waals surface area (Å²) in [6.07, 6.45) is 7.83. The molecule has 0 aromatic heterocycles. The molecule has 1 aliphatic carbocycles. The Kier molecular flexibility index (Phi) is 5.53. The summed E-state index contributed by atoms with van der Waals surface area (Å²) in [6, 6.07) is 1.10. The number of likely N-dealkylation sites (tertiary alicyclic amines) is 1. The van der Waals surface area contributed by atoms with Crippen molar-refractivity contribution in [3.8, 4) is 0 Å². The summed E-state index contributed by atoms with van der Waals surface area (Å²) in [5.74, 6) is 0.927. The van der Waals surface area contributed by atoms with Gasteiger partial charge in [0.1, 0.15) is 5.60 Å². The lowest BCUT2D eigenvalue weighted by atomic mass is 9.97. The highest BCUT2D eigenvalue weighted by atomic mass is 16.6. The number of amides is 1. The highest BCUT2D eigenvalue weighted by Gasteiger charge is 2.34. The molecule has 4 heteroatoms. The van der Waals surface area contributed by atoms with Crippen LogP contribution in [-0.4, -0.2) is 41.8 Å². The molecule has 4 nitrogen and oxygen atoms in total. The number of carbonyl (C=O) groups is 1. The van der Waals surface area contributed by atoms with Gasteiger partial charge in [0, 0.05) is 25.2 Å². The average Bonchev–Trinajstić information content (AvgIpc) is 2.55. The quantitative estimate of drug-likeness (QED) is 0.810. The standard InChI is InChI=1S/C17H32N2O2/c1-5-13-7-6-8-14(10-9-13)18-15-11-19(12-15)16(20)21-17(2,3)4/h13-15,18H,5-12H2,1-4H3. The lowest BCUT2D eigenvalue weighted by molar-refractivity contribution is 0.00395. The smallest absolute Gasteiger partial charge is 0.410 e. The molecule has 2 atom stereocenters. The molecular weight excluding hydrogens is 264 g/mol. The first-order valence-electron chi connectivity index (χ1n) is 8.61. The first kappa shape index (κ1) is 16.6. The Balaban J connectivity index is 1.67. The molecular formula is C17H32N2O2. The first-order valence-corrected chi connectivity index (χ1v) is 8.61. The van der Waals surface area contributed by atoms with Crippen LogP contribution in [0.3, 0.4) is 0 Å². The van der Waals surface area contributed by atoms with Crippen LogP contribution in [0.15, 0.2) is 0 Å². The minimum absolute atomic E-state index is 0.174. The van der Waals surface area contributed by atoms with Crippen molar-refractivity contribution < 1.29 is 9.53 Å². The van der Waals surface area contributed by atoms with E-state index < -0.39 is 5.60 Å². The molecule has 2 rings (SSSR count). The summed E-state index contributed by atoms with van der Waals surface area (Å²) < 4.78 is 5.39. The highest BCUT2D eigenvalue weighted by Crippen LogP contribution is 2.26. The van der Waals surface area contributed by atoms with E-state index in [1.165, 1.54) is 38.5 Å². The van der Waals surface area contributed by atoms with Crippen LogP contribution in [0, 0.1) is 5.92 Å². The van der Waals surface area contributed by atoms with E-state index in [2.05, 4.69) is 12.2 Å². The Morgan fingerprint density at radius 3 is 2.48 bits per heavy atom. The van der Waals surface area contributed by atoms with Crippen LogP contribution in [0.4, 0.5) is 4.79 Å². The number of carbonyl (C=O) groups excluding carboxylic acids is 1. The van der Waals surface area contributed by atoms with Crippen LogP contribution in [0.2, 0.25) is 0 Å². The van der Waals surface area contributed by atoms with Gasteiger partial charge in [0.15, 0.2) is 0 Å². The zero-order valence-corrected chi connectivity index (χ0v) is 14.2. The van der Waals surface area contributed by atoms with Crippen molar-refractivity contribution in [2.75, 3.05) is 13.1 Å². The minimum atomic E-state index is -0.397. The van der Waals surface area contributed by atoms with Crippen molar-refractivity contribution in [1.29, 1.82) is 0 Å². The maximum Gasteiger partial charge on any atom is 0.410 e. The van der Waals surface area contributed by atoms with Crippen molar-refractivity contribution in [2.45, 2.75) is 83.9 Å². The summed E-state index contributed by atoms with van der Waals surface area (Å²) in [7, 11) is 0. The Morgan fingerprint density at radius 2 is 1.86 bits per heavy atom. The van der Waals surface area contributed by atoms with Gasteiger partial charge in [-0.15, -0.1) is 0 Å². The lowest BCUT2D eigenvalue weighted by Gasteiger charge is -2.41. The first-order chi connectivity index (χ1) is 9.87. The van der Waals surface area contributed by atoms with Crippen molar-refractivity contribution in [1.82, 2.24) is 10.2 Å². The second-order valence-corrected chi connectivity index (χ2v) is 7.73. The van der Waals surface area contributed by atoms with E-state index in [4.69, 9.17) is 4.74 Å². The fourth-order valence-electron chi connectivity index (χ4n) is 3.35. The molecule has 1 amide bonds. The van der Waals surface area contributed by atoms with Crippen molar-refractivity contribution in [2.24, 2.45) is 5.92 Å². The number of hydrogen-bond donors (Lipinski definition) is 1. The summed E-state index contributed by atoms with van der Waals surface area (Å²) in [5, 5.41) is 3.74. The third-order valence-corrected chi connectivity index (χ3v) is 4.67. The van der Waals surface area contributed by atoms with Gasteiger partial charge in [-0.2, -0.15) is 0 Å². The van der Waals surface area contributed by atoms with Crippen LogP contribution in [-0.2, 0) is 4.74 Å². The topological polar surface area (TPSA) is 41.6 Å². The number of nitrogens with zero attached hydrogens (tertiary/aromatic N) is 1. The molecule has 1 saturated heterocycles. The van der Waals surface area contributed by atoms with E-state index in [0.717, 1.165) is 19.0 Å². The molecule has 122 valence electrons. The van der Waals surface area contributed by atoms with Gasteiger partial charge in [-0.1, -0.05) is 26.2 Å². The maximum absolute atomic E-state index is 11.9. The van der Waals surface area contributed by atoms with E-state index in [0.29, 0.717) is 12.1 Å². The molecule has 0 spiro atoms. The molecule has 21 heavy (non-hydrogen) atoms. The van der Waals surface area contributed by atoms with Gasteiger partial charge in [0.2, 0.25) is 0 Å². The largest absolute Gasteiger partial charge is 0.444 e. The number of ether oxygens (including phenoxy) is 1. The third kappa shape index (κ3) is 5.17. The van der Waals surface area contributed by atoms with Crippen LogP contribution in [0.1, 0.15) is 66.2 Å². The average molecular weight is 296 g/mol. The number of rotatable bonds is 3. The molecule has 2 fully saturated rings. The van der Waals surface area contributed by atoms with Crippen molar-refractivity contribution in [3.63, 3.8) is 0 Å². The van der Waals surface area contributed by atoms with E-state index in [9.17, 15) is 4.79 Å². The molecule has 1 saturated carbocycles. The lowest BCUT2D eigenvalue weighted by Crippen LogP contribution is -2.62. The summed E-state index contributed by atoms with van der Waals surface area (Å²) in [4.78, 5) is 13.7. The van der Waals surface area contributed by atoms with Crippen LogP contribution in [0.25, 0.3) is 0 Å². The molecule has 1 aliphatic heterocycles. The van der Waals surface area contributed by atoms with Crippen LogP contribution < -0.4 is 5.32 Å². The minimum Gasteiger partial charge on any atom is -0.444 e. The van der Waals surface area contributed by atoms with Gasteiger partial charge in [0.25, 0.3) is 0 Å². The SMILES string of the molecule is CCC1CCCC(NC2CN(C(=O)OC(C)(C)C)C2)CC1. The fraction of sp³-hybridized carbons (Fsp3) is 0.941. The number of hydrogen-bond acceptors (Lipinski definition) is 3. The molecule has 1 N–H and O–H groups in total. The molecule has 2 unspecified atom stereocenters. The van der Waals surface area contributed by atoms with Gasteiger partial charge in [-0.25, -0.2) is 4.79 Å². The Hall–Kier alpha value is -0.770. The third-order valence-electron chi connectivity index (χ3n) is 4.67. The van der Waals surface area contributed by atoms with Crippen LogP contribution >= 0.6 is 0 Å². The number of nitrogens with one attached hydrogen (secondary N) is 1. The van der Waals surface area contributed by atoms with Gasteiger partial charge >= 0.3 is 6.09 Å². The maximum atomic E-state index is 11.9. The molecule has 0 bridgehead atoms. The van der Waals surface area contributed by atoms with Crippen molar-refractivity contribution >= 4 is 6.09 Å². The van der Waals surface area contributed by atoms with Gasteiger partial charge < -0.3 is 15.0 Å². The highest BCUT2D eigenvalue weighted by molar-refractivity contribution is 5.69. The van der Waals surface area contributed by atoms with Crippen LogP contribution in [0.5, 0.6) is 0 Å². The summed E-state index contributed by atoms with van der Waals surface area (Å²) in [6.45, 7) is 9.64. The van der Waals surface area contributed by atoms with E-state index in [-0.39, 0.29) is 6.09 Å². The molecule has 1 heterocycles. The van der Waals surface area contributed by atoms with Gasteiger partial charge in [-0.05, 0) is 46.0 Å². The fourth-order valence-corrected chi connectivity index (χ4v) is 3.35. The predicted molar refractivity (Wildman–Crippen MR) is 85.4 cm³/mol. The molecule has 2 aliphatic rings. The Labute approximate surface area is 129 Å². The zero-order chi connectivity index (χ0) is 15.5. The zero-order valence-electron chi connectivity index (χ0n) is 14.2. The molecule has 0 radical (unpaired) electrons. The Bertz CT molecular complexity index is 345.